The summed E-state index contributed by atoms with van der Waals surface area (Å²) in [5, 5.41) is 8.31. The molecule has 1 aliphatic carbocycles. The van der Waals surface area contributed by atoms with E-state index in [-0.39, 0.29) is 18.0 Å². The van der Waals surface area contributed by atoms with Crippen LogP contribution in [0.3, 0.4) is 0 Å². The Morgan fingerprint density at radius 3 is 2.52 bits per heavy atom. The van der Waals surface area contributed by atoms with Gasteiger partial charge in [0.15, 0.2) is 0 Å². The van der Waals surface area contributed by atoms with E-state index >= 15 is 0 Å². The van der Waals surface area contributed by atoms with Crippen LogP contribution in [0.5, 0.6) is 0 Å². The lowest BCUT2D eigenvalue weighted by atomic mass is 9.96. The number of anilines is 1. The second kappa shape index (κ2) is 7.99. The van der Waals surface area contributed by atoms with E-state index in [1.165, 1.54) is 19.3 Å². The van der Waals surface area contributed by atoms with E-state index in [1.807, 2.05) is 42.5 Å². The van der Waals surface area contributed by atoms with Gasteiger partial charge >= 0.3 is 6.03 Å². The number of hydrogen-bond donors (Lipinski definition) is 2. The van der Waals surface area contributed by atoms with Crippen LogP contribution in [-0.2, 0) is 4.79 Å². The lowest BCUT2D eigenvalue weighted by molar-refractivity contribution is -0.119. The van der Waals surface area contributed by atoms with Crippen LogP contribution in [0.1, 0.15) is 44.9 Å². The second-order valence-corrected chi connectivity index (χ2v) is 7.65. The first kappa shape index (κ1) is 17.8. The SMILES string of the molecule is O=C(Nc1cccc2ccccc12)[C@H]1CCCN1C(=O)NC1CCCCC1. The lowest BCUT2D eigenvalue weighted by Crippen LogP contribution is -2.50. The van der Waals surface area contributed by atoms with Crippen LogP contribution >= 0.6 is 0 Å². The Morgan fingerprint density at radius 1 is 0.889 bits per heavy atom. The fourth-order valence-electron chi connectivity index (χ4n) is 4.34. The van der Waals surface area contributed by atoms with Gasteiger partial charge in [0, 0.05) is 23.7 Å². The third kappa shape index (κ3) is 3.92. The zero-order chi connectivity index (χ0) is 18.6. The lowest BCUT2D eigenvalue weighted by Gasteiger charge is -2.29. The number of amides is 3. The molecular weight excluding hydrogens is 338 g/mol. The zero-order valence-corrected chi connectivity index (χ0v) is 15.6. The average molecular weight is 365 g/mol. The highest BCUT2D eigenvalue weighted by Crippen LogP contribution is 2.25. The van der Waals surface area contributed by atoms with Crippen molar-refractivity contribution in [3.8, 4) is 0 Å². The van der Waals surface area contributed by atoms with Gasteiger partial charge in [-0.25, -0.2) is 4.79 Å². The van der Waals surface area contributed by atoms with Gasteiger partial charge in [-0.3, -0.25) is 4.79 Å². The van der Waals surface area contributed by atoms with E-state index in [0.29, 0.717) is 13.0 Å². The number of rotatable bonds is 3. The van der Waals surface area contributed by atoms with Crippen LogP contribution in [-0.4, -0.2) is 35.5 Å². The molecule has 1 atom stereocenters. The molecule has 0 radical (unpaired) electrons. The van der Waals surface area contributed by atoms with Gasteiger partial charge < -0.3 is 15.5 Å². The summed E-state index contributed by atoms with van der Waals surface area (Å²) in [6.45, 7) is 0.645. The highest BCUT2D eigenvalue weighted by atomic mass is 16.2. The third-order valence-electron chi connectivity index (χ3n) is 5.80. The van der Waals surface area contributed by atoms with Crippen molar-refractivity contribution < 1.29 is 9.59 Å². The molecule has 0 unspecified atom stereocenters. The number of nitrogens with zero attached hydrogens (tertiary/aromatic N) is 1. The number of carbonyl (C=O) groups is 2. The monoisotopic (exact) mass is 365 g/mol. The maximum Gasteiger partial charge on any atom is 0.318 e. The third-order valence-corrected chi connectivity index (χ3v) is 5.80. The molecule has 1 saturated carbocycles. The average Bonchev–Trinajstić information content (AvgIpc) is 3.19. The van der Waals surface area contributed by atoms with Gasteiger partial charge in [-0.05, 0) is 37.1 Å². The van der Waals surface area contributed by atoms with Gasteiger partial charge in [-0.1, -0.05) is 55.7 Å². The van der Waals surface area contributed by atoms with Crippen LogP contribution in [0.15, 0.2) is 42.5 Å². The fraction of sp³-hybridized carbons (Fsp3) is 0.455. The van der Waals surface area contributed by atoms with Crippen molar-refractivity contribution in [1.82, 2.24) is 10.2 Å². The zero-order valence-electron chi connectivity index (χ0n) is 15.6. The van der Waals surface area contributed by atoms with Crippen molar-refractivity contribution in [2.75, 3.05) is 11.9 Å². The Bertz CT molecular complexity index is 824. The van der Waals surface area contributed by atoms with Crippen LogP contribution in [0.25, 0.3) is 10.8 Å². The number of benzene rings is 2. The summed E-state index contributed by atoms with van der Waals surface area (Å²) in [4.78, 5) is 27.4. The molecule has 1 aliphatic heterocycles. The topological polar surface area (TPSA) is 61.4 Å². The standard InChI is InChI=1S/C22H27N3O2/c26-21(24-19-13-6-9-16-8-4-5-12-18(16)19)20-14-7-15-25(20)22(27)23-17-10-2-1-3-11-17/h4-6,8-9,12-13,17,20H,1-3,7,10-11,14-15H2,(H,23,27)(H,24,26)/t20-/m1/s1. The van der Waals surface area contributed by atoms with E-state index in [2.05, 4.69) is 10.6 Å². The molecule has 3 amide bonds. The molecule has 2 N–H and O–H groups in total. The maximum atomic E-state index is 12.9. The van der Waals surface area contributed by atoms with E-state index < -0.39 is 6.04 Å². The van der Waals surface area contributed by atoms with Crippen LogP contribution in [0, 0.1) is 0 Å². The first-order valence-electron chi connectivity index (χ1n) is 10.1. The van der Waals surface area contributed by atoms with E-state index in [1.54, 1.807) is 4.90 Å². The minimum absolute atomic E-state index is 0.0857. The van der Waals surface area contributed by atoms with E-state index in [9.17, 15) is 9.59 Å². The molecule has 2 aromatic rings. The highest BCUT2D eigenvalue weighted by Gasteiger charge is 2.35. The molecule has 2 aromatic carbocycles. The Labute approximate surface area is 160 Å². The van der Waals surface area contributed by atoms with E-state index in [0.717, 1.165) is 35.7 Å². The number of urea groups is 1. The summed E-state index contributed by atoms with van der Waals surface area (Å²) in [7, 11) is 0. The first-order valence-corrected chi connectivity index (χ1v) is 10.1. The van der Waals surface area contributed by atoms with E-state index in [4.69, 9.17) is 0 Å². The van der Waals surface area contributed by atoms with Crippen molar-refractivity contribution in [2.24, 2.45) is 0 Å². The highest BCUT2D eigenvalue weighted by molar-refractivity contribution is 6.04. The van der Waals surface area contributed by atoms with Crippen molar-refractivity contribution in [3.63, 3.8) is 0 Å². The molecule has 2 aliphatic rings. The number of fused-ring (bicyclic) bond motifs is 1. The van der Waals surface area contributed by atoms with Crippen molar-refractivity contribution in [1.29, 1.82) is 0 Å². The number of hydrogen-bond acceptors (Lipinski definition) is 2. The Hall–Kier alpha value is -2.56. The predicted octanol–water partition coefficient (Wildman–Crippen LogP) is 4.29. The molecule has 142 valence electrons. The molecule has 5 nitrogen and oxygen atoms in total. The minimum Gasteiger partial charge on any atom is -0.335 e. The molecule has 0 spiro atoms. The summed E-state index contributed by atoms with van der Waals surface area (Å²) in [5.41, 5.74) is 0.803. The number of nitrogens with one attached hydrogen (secondary N) is 2. The minimum atomic E-state index is -0.396. The molecule has 27 heavy (non-hydrogen) atoms. The molecule has 1 heterocycles. The summed E-state index contributed by atoms with van der Waals surface area (Å²) in [5.74, 6) is -0.0948. The summed E-state index contributed by atoms with van der Waals surface area (Å²) >= 11 is 0. The second-order valence-electron chi connectivity index (χ2n) is 7.65. The van der Waals surface area contributed by atoms with Crippen LogP contribution < -0.4 is 10.6 Å². The largest absolute Gasteiger partial charge is 0.335 e. The van der Waals surface area contributed by atoms with Crippen molar-refractivity contribution >= 4 is 28.4 Å². The van der Waals surface area contributed by atoms with Crippen molar-refractivity contribution in [3.05, 3.63) is 42.5 Å². The molecule has 1 saturated heterocycles. The van der Waals surface area contributed by atoms with Gasteiger partial charge in [0.05, 0.1) is 0 Å². The van der Waals surface area contributed by atoms with Crippen molar-refractivity contribution in [2.45, 2.75) is 57.0 Å². The quantitative estimate of drug-likeness (QED) is 0.852. The first-order chi connectivity index (χ1) is 13.2. The van der Waals surface area contributed by atoms with Crippen LogP contribution in [0.2, 0.25) is 0 Å². The summed E-state index contributed by atoms with van der Waals surface area (Å²) < 4.78 is 0. The predicted molar refractivity (Wildman–Crippen MR) is 108 cm³/mol. The van der Waals surface area contributed by atoms with Gasteiger partial charge in [0.25, 0.3) is 0 Å². The summed E-state index contributed by atoms with van der Waals surface area (Å²) in [6, 6.07) is 13.7. The fourth-order valence-corrected chi connectivity index (χ4v) is 4.34. The van der Waals surface area contributed by atoms with Gasteiger partial charge in [-0.15, -0.1) is 0 Å². The Balaban J connectivity index is 1.44. The number of carbonyl (C=O) groups excluding carboxylic acids is 2. The smallest absolute Gasteiger partial charge is 0.318 e. The van der Waals surface area contributed by atoms with Gasteiger partial charge in [0.2, 0.25) is 5.91 Å². The molecule has 0 aromatic heterocycles. The van der Waals surface area contributed by atoms with Gasteiger partial charge in [0.1, 0.15) is 6.04 Å². The molecule has 0 bridgehead atoms. The molecular formula is C22H27N3O2. The molecule has 4 rings (SSSR count). The normalized spacial score (nSPS) is 20.6. The molecule has 2 fully saturated rings. The summed E-state index contributed by atoms with van der Waals surface area (Å²) in [6.07, 6.45) is 7.29. The van der Waals surface area contributed by atoms with Crippen LogP contribution in [0.4, 0.5) is 10.5 Å². The maximum absolute atomic E-state index is 12.9. The molecule has 5 heteroatoms. The van der Waals surface area contributed by atoms with Gasteiger partial charge in [-0.2, -0.15) is 0 Å². The Kier molecular flexibility index (Phi) is 5.28. The number of likely N-dealkylation sites (tertiary alicyclic amines) is 1. The Morgan fingerprint density at radius 2 is 1.67 bits per heavy atom.